The van der Waals surface area contributed by atoms with Crippen molar-refractivity contribution in [1.82, 2.24) is 0 Å². The minimum Gasteiger partial charge on any atom is -0.381 e. The third kappa shape index (κ3) is 4.08. The molecule has 4 heteroatoms. The van der Waals surface area contributed by atoms with E-state index in [1.54, 1.807) is 6.07 Å². The van der Waals surface area contributed by atoms with E-state index in [4.69, 9.17) is 5.26 Å². The van der Waals surface area contributed by atoms with Crippen LogP contribution in [-0.2, 0) is 11.3 Å². The molecule has 0 saturated heterocycles. The minimum atomic E-state index is -0.00124. The van der Waals surface area contributed by atoms with E-state index in [9.17, 15) is 4.79 Å². The van der Waals surface area contributed by atoms with E-state index in [-0.39, 0.29) is 5.91 Å². The van der Waals surface area contributed by atoms with Gasteiger partial charge in [-0.05, 0) is 35.9 Å². The molecule has 0 aliphatic heterocycles. The zero-order valence-corrected chi connectivity index (χ0v) is 11.9. The van der Waals surface area contributed by atoms with Crippen molar-refractivity contribution in [3.05, 3.63) is 59.7 Å². The molecule has 0 atom stereocenters. The van der Waals surface area contributed by atoms with Crippen LogP contribution in [0.1, 0.15) is 24.5 Å². The molecule has 0 heterocycles. The number of nitrogens with zero attached hydrogens (tertiary/aromatic N) is 1. The number of carbonyl (C=O) groups is 1. The average Bonchev–Trinajstić information content (AvgIpc) is 2.54. The van der Waals surface area contributed by atoms with Gasteiger partial charge in [0.15, 0.2) is 0 Å². The zero-order valence-electron chi connectivity index (χ0n) is 11.9. The summed E-state index contributed by atoms with van der Waals surface area (Å²) in [5.41, 5.74) is 3.36. The van der Waals surface area contributed by atoms with Gasteiger partial charge in [0.2, 0.25) is 5.91 Å². The van der Waals surface area contributed by atoms with Gasteiger partial charge < -0.3 is 10.6 Å². The van der Waals surface area contributed by atoms with Crippen molar-refractivity contribution in [3.8, 4) is 6.07 Å². The molecule has 1 amide bonds. The van der Waals surface area contributed by atoms with Crippen molar-refractivity contribution >= 4 is 17.3 Å². The molecule has 2 N–H and O–H groups in total. The molecule has 0 bridgehead atoms. The molecule has 21 heavy (non-hydrogen) atoms. The Hall–Kier alpha value is -2.80. The Labute approximate surface area is 124 Å². The lowest BCUT2D eigenvalue weighted by molar-refractivity contribution is -0.115. The molecule has 0 saturated carbocycles. The van der Waals surface area contributed by atoms with Gasteiger partial charge in [0.05, 0.1) is 11.6 Å². The molecule has 0 radical (unpaired) electrons. The summed E-state index contributed by atoms with van der Waals surface area (Å²) in [4.78, 5) is 11.3. The number of hydrogen-bond donors (Lipinski definition) is 2. The minimum absolute atomic E-state index is 0.00124. The van der Waals surface area contributed by atoms with Gasteiger partial charge >= 0.3 is 0 Å². The van der Waals surface area contributed by atoms with Crippen molar-refractivity contribution in [3.63, 3.8) is 0 Å². The average molecular weight is 279 g/mol. The van der Waals surface area contributed by atoms with Crippen LogP contribution in [0.4, 0.5) is 11.4 Å². The maximum atomic E-state index is 11.3. The second kappa shape index (κ2) is 7.11. The van der Waals surface area contributed by atoms with Crippen LogP contribution in [0, 0.1) is 11.3 Å². The smallest absolute Gasteiger partial charge is 0.224 e. The van der Waals surface area contributed by atoms with Gasteiger partial charge in [-0.3, -0.25) is 4.79 Å². The first kappa shape index (κ1) is 14.6. The maximum absolute atomic E-state index is 11.3. The molecule has 0 spiro atoms. The van der Waals surface area contributed by atoms with Crippen LogP contribution in [0.3, 0.4) is 0 Å². The highest BCUT2D eigenvalue weighted by Crippen LogP contribution is 2.16. The monoisotopic (exact) mass is 279 g/mol. The fourth-order valence-electron chi connectivity index (χ4n) is 1.90. The fourth-order valence-corrected chi connectivity index (χ4v) is 1.90. The number of rotatable bonds is 5. The number of carbonyl (C=O) groups excluding carboxylic acids is 1. The normalized spacial score (nSPS) is 9.71. The summed E-state index contributed by atoms with van der Waals surface area (Å²) in [6.07, 6.45) is 0.463. The number of nitriles is 1. The third-order valence-electron chi connectivity index (χ3n) is 3.11. The van der Waals surface area contributed by atoms with Gasteiger partial charge in [-0.1, -0.05) is 25.1 Å². The van der Waals surface area contributed by atoms with E-state index in [0.717, 1.165) is 16.9 Å². The lowest BCUT2D eigenvalue weighted by Crippen LogP contribution is -2.09. The Bertz CT molecular complexity index is 656. The summed E-state index contributed by atoms with van der Waals surface area (Å²) in [5.74, 6) is -0.00124. The van der Waals surface area contributed by atoms with Gasteiger partial charge in [-0.25, -0.2) is 0 Å². The van der Waals surface area contributed by atoms with Crippen molar-refractivity contribution in [2.75, 3.05) is 10.6 Å². The van der Waals surface area contributed by atoms with E-state index in [1.807, 2.05) is 49.4 Å². The molecule has 0 aliphatic carbocycles. The molecular formula is C17H17N3O. The second-order valence-corrected chi connectivity index (χ2v) is 4.60. The summed E-state index contributed by atoms with van der Waals surface area (Å²) in [6.45, 7) is 2.41. The van der Waals surface area contributed by atoms with Crippen molar-refractivity contribution < 1.29 is 4.79 Å². The summed E-state index contributed by atoms with van der Waals surface area (Å²) < 4.78 is 0. The second-order valence-electron chi connectivity index (χ2n) is 4.60. The standard InChI is InChI=1S/C17H17N3O/c1-2-17(21)20-16-9-7-15(8-10-16)19-12-14-6-4-3-5-13(14)11-18/h3-10,19H,2,12H2,1H3,(H,20,21). The lowest BCUT2D eigenvalue weighted by atomic mass is 10.1. The van der Waals surface area contributed by atoms with Gasteiger partial charge in [0.25, 0.3) is 0 Å². The first-order valence-electron chi connectivity index (χ1n) is 6.84. The molecular weight excluding hydrogens is 262 g/mol. The Morgan fingerprint density at radius 2 is 1.76 bits per heavy atom. The number of amides is 1. The van der Waals surface area contributed by atoms with Crippen LogP contribution in [0.15, 0.2) is 48.5 Å². The van der Waals surface area contributed by atoms with Gasteiger partial charge in [-0.15, -0.1) is 0 Å². The predicted molar refractivity (Wildman–Crippen MR) is 83.8 cm³/mol. The summed E-state index contributed by atoms with van der Waals surface area (Å²) in [6, 6.07) is 17.2. The maximum Gasteiger partial charge on any atom is 0.224 e. The number of benzene rings is 2. The van der Waals surface area contributed by atoms with E-state index in [1.165, 1.54) is 0 Å². The number of anilines is 2. The fraction of sp³-hybridized carbons (Fsp3) is 0.176. The Kier molecular flexibility index (Phi) is 4.94. The Morgan fingerprint density at radius 1 is 1.10 bits per heavy atom. The molecule has 4 nitrogen and oxygen atoms in total. The first-order valence-corrected chi connectivity index (χ1v) is 6.84. The molecule has 0 aromatic heterocycles. The van der Waals surface area contributed by atoms with E-state index in [0.29, 0.717) is 18.5 Å². The van der Waals surface area contributed by atoms with Crippen LogP contribution < -0.4 is 10.6 Å². The van der Waals surface area contributed by atoms with Crippen LogP contribution in [0.25, 0.3) is 0 Å². The van der Waals surface area contributed by atoms with Crippen molar-refractivity contribution in [2.45, 2.75) is 19.9 Å². The molecule has 2 rings (SSSR count). The Balaban J connectivity index is 1.98. The van der Waals surface area contributed by atoms with Gasteiger partial charge in [0, 0.05) is 24.3 Å². The molecule has 2 aromatic carbocycles. The number of hydrogen-bond acceptors (Lipinski definition) is 3. The van der Waals surface area contributed by atoms with Gasteiger partial charge in [-0.2, -0.15) is 5.26 Å². The molecule has 2 aromatic rings. The lowest BCUT2D eigenvalue weighted by Gasteiger charge is -2.09. The van der Waals surface area contributed by atoms with Crippen LogP contribution in [-0.4, -0.2) is 5.91 Å². The Morgan fingerprint density at radius 3 is 2.43 bits per heavy atom. The van der Waals surface area contributed by atoms with Crippen LogP contribution >= 0.6 is 0 Å². The summed E-state index contributed by atoms with van der Waals surface area (Å²) in [7, 11) is 0. The van der Waals surface area contributed by atoms with Crippen LogP contribution in [0.5, 0.6) is 0 Å². The third-order valence-corrected chi connectivity index (χ3v) is 3.11. The molecule has 0 fully saturated rings. The van der Waals surface area contributed by atoms with E-state index < -0.39 is 0 Å². The highest BCUT2D eigenvalue weighted by atomic mass is 16.1. The quantitative estimate of drug-likeness (QED) is 0.880. The topological polar surface area (TPSA) is 64.9 Å². The van der Waals surface area contributed by atoms with Crippen molar-refractivity contribution in [2.24, 2.45) is 0 Å². The SMILES string of the molecule is CCC(=O)Nc1ccc(NCc2ccccc2C#N)cc1. The first-order chi connectivity index (χ1) is 10.2. The highest BCUT2D eigenvalue weighted by Gasteiger charge is 2.01. The van der Waals surface area contributed by atoms with Crippen molar-refractivity contribution in [1.29, 1.82) is 5.26 Å². The molecule has 106 valence electrons. The molecule has 0 unspecified atom stereocenters. The summed E-state index contributed by atoms with van der Waals surface area (Å²) >= 11 is 0. The van der Waals surface area contributed by atoms with Crippen LogP contribution in [0.2, 0.25) is 0 Å². The van der Waals surface area contributed by atoms with E-state index in [2.05, 4.69) is 16.7 Å². The molecule has 0 aliphatic rings. The largest absolute Gasteiger partial charge is 0.381 e. The highest BCUT2D eigenvalue weighted by molar-refractivity contribution is 5.90. The summed E-state index contributed by atoms with van der Waals surface area (Å²) in [5, 5.41) is 15.1. The zero-order chi connectivity index (χ0) is 15.1. The number of nitrogens with one attached hydrogen (secondary N) is 2. The predicted octanol–water partition coefficient (Wildman–Crippen LogP) is 3.52. The van der Waals surface area contributed by atoms with Gasteiger partial charge in [0.1, 0.15) is 0 Å². The van der Waals surface area contributed by atoms with E-state index >= 15 is 0 Å².